The smallest absolute Gasteiger partial charge is 0.232 e. The molecule has 0 saturated carbocycles. The third-order valence-corrected chi connectivity index (χ3v) is 1.30. The van der Waals surface area contributed by atoms with Gasteiger partial charge in [0.1, 0.15) is 0 Å². The standard InChI is InChI=1S/C6H10N2O/c1-5-4-6(9-3)7-8(5)2/h4H,1-3H3. The van der Waals surface area contributed by atoms with Crippen molar-refractivity contribution in [1.82, 2.24) is 9.78 Å². The molecule has 3 nitrogen and oxygen atoms in total. The fraction of sp³-hybridized carbons (Fsp3) is 0.500. The molecule has 0 unspecified atom stereocenters. The zero-order chi connectivity index (χ0) is 6.85. The Balaban J connectivity index is 2.98. The van der Waals surface area contributed by atoms with E-state index in [0.717, 1.165) is 5.69 Å². The number of hydrogen-bond acceptors (Lipinski definition) is 2. The fourth-order valence-corrected chi connectivity index (χ4v) is 0.627. The van der Waals surface area contributed by atoms with Crippen molar-refractivity contribution in [2.45, 2.75) is 6.92 Å². The molecule has 1 aromatic heterocycles. The van der Waals surface area contributed by atoms with Crippen LogP contribution in [-0.4, -0.2) is 16.9 Å². The van der Waals surface area contributed by atoms with E-state index in [9.17, 15) is 0 Å². The molecular formula is C6H10N2O. The lowest BCUT2D eigenvalue weighted by atomic mass is 10.5. The molecule has 0 radical (unpaired) electrons. The number of rotatable bonds is 1. The molecule has 1 heterocycles. The van der Waals surface area contributed by atoms with Gasteiger partial charge in [0.05, 0.1) is 7.11 Å². The lowest BCUT2D eigenvalue weighted by Gasteiger charge is -1.88. The van der Waals surface area contributed by atoms with Crippen molar-refractivity contribution in [2.75, 3.05) is 7.11 Å². The number of nitrogens with zero attached hydrogens (tertiary/aromatic N) is 2. The van der Waals surface area contributed by atoms with Gasteiger partial charge >= 0.3 is 0 Å². The largest absolute Gasteiger partial charge is 0.480 e. The first-order valence-corrected chi connectivity index (χ1v) is 2.78. The van der Waals surface area contributed by atoms with Crippen LogP contribution in [0.3, 0.4) is 0 Å². The average Bonchev–Trinajstić information content (AvgIpc) is 2.13. The van der Waals surface area contributed by atoms with Crippen LogP contribution < -0.4 is 4.74 Å². The number of hydrogen-bond donors (Lipinski definition) is 0. The van der Waals surface area contributed by atoms with E-state index in [2.05, 4.69) is 5.10 Å². The minimum absolute atomic E-state index is 0.676. The van der Waals surface area contributed by atoms with Gasteiger partial charge in [0.25, 0.3) is 0 Å². The van der Waals surface area contributed by atoms with Crippen LogP contribution >= 0.6 is 0 Å². The molecule has 0 amide bonds. The van der Waals surface area contributed by atoms with Crippen LogP contribution in [-0.2, 0) is 7.05 Å². The molecule has 1 aromatic rings. The predicted octanol–water partition coefficient (Wildman–Crippen LogP) is 0.737. The van der Waals surface area contributed by atoms with Crippen LogP contribution in [0.5, 0.6) is 5.88 Å². The van der Waals surface area contributed by atoms with E-state index in [1.807, 2.05) is 20.0 Å². The zero-order valence-electron chi connectivity index (χ0n) is 5.88. The van der Waals surface area contributed by atoms with E-state index in [-0.39, 0.29) is 0 Å². The van der Waals surface area contributed by atoms with Crippen LogP contribution in [0.4, 0.5) is 0 Å². The Labute approximate surface area is 54.2 Å². The van der Waals surface area contributed by atoms with Crippen molar-refractivity contribution >= 4 is 0 Å². The van der Waals surface area contributed by atoms with Crippen LogP contribution in [0.25, 0.3) is 0 Å². The summed E-state index contributed by atoms with van der Waals surface area (Å²) < 4.78 is 6.66. The first-order chi connectivity index (χ1) is 4.24. The molecule has 0 bridgehead atoms. The van der Waals surface area contributed by atoms with Crippen molar-refractivity contribution < 1.29 is 4.74 Å². The fourth-order valence-electron chi connectivity index (χ4n) is 0.627. The Morgan fingerprint density at radius 2 is 2.33 bits per heavy atom. The van der Waals surface area contributed by atoms with Crippen molar-refractivity contribution in [2.24, 2.45) is 7.05 Å². The molecule has 0 N–H and O–H groups in total. The highest BCUT2D eigenvalue weighted by Crippen LogP contribution is 2.07. The molecule has 0 aliphatic rings. The summed E-state index contributed by atoms with van der Waals surface area (Å²) in [6.07, 6.45) is 0. The number of methoxy groups -OCH3 is 1. The molecule has 0 atom stereocenters. The normalized spacial score (nSPS) is 9.67. The Morgan fingerprint density at radius 1 is 1.67 bits per heavy atom. The quantitative estimate of drug-likeness (QED) is 0.555. The van der Waals surface area contributed by atoms with E-state index in [0.29, 0.717) is 5.88 Å². The summed E-state index contributed by atoms with van der Waals surface area (Å²) in [4.78, 5) is 0. The Kier molecular flexibility index (Phi) is 1.42. The molecule has 1 rings (SSSR count). The van der Waals surface area contributed by atoms with Gasteiger partial charge in [0, 0.05) is 18.8 Å². The Morgan fingerprint density at radius 3 is 2.56 bits per heavy atom. The molecule has 0 fully saturated rings. The number of aromatic nitrogens is 2. The van der Waals surface area contributed by atoms with Gasteiger partial charge in [0.2, 0.25) is 5.88 Å². The zero-order valence-corrected chi connectivity index (χ0v) is 5.88. The summed E-state index contributed by atoms with van der Waals surface area (Å²) in [6.45, 7) is 1.98. The molecule has 0 aromatic carbocycles. The summed E-state index contributed by atoms with van der Waals surface area (Å²) in [5, 5.41) is 4.02. The lowest BCUT2D eigenvalue weighted by Crippen LogP contribution is -1.92. The minimum atomic E-state index is 0.676. The van der Waals surface area contributed by atoms with Crippen LogP contribution in [0.1, 0.15) is 5.69 Å². The van der Waals surface area contributed by atoms with Gasteiger partial charge in [-0.3, -0.25) is 4.68 Å². The number of aryl methyl sites for hydroxylation is 2. The summed E-state index contributed by atoms with van der Waals surface area (Å²) in [7, 11) is 3.50. The Hall–Kier alpha value is -0.990. The highest BCUT2D eigenvalue weighted by molar-refractivity contribution is 5.13. The second kappa shape index (κ2) is 2.09. The van der Waals surface area contributed by atoms with Gasteiger partial charge in [-0.15, -0.1) is 5.10 Å². The van der Waals surface area contributed by atoms with Crippen LogP contribution in [0.15, 0.2) is 6.07 Å². The van der Waals surface area contributed by atoms with E-state index < -0.39 is 0 Å². The van der Waals surface area contributed by atoms with E-state index in [1.165, 1.54) is 0 Å². The minimum Gasteiger partial charge on any atom is -0.480 e. The van der Waals surface area contributed by atoms with Gasteiger partial charge in [-0.25, -0.2) is 0 Å². The maximum Gasteiger partial charge on any atom is 0.232 e. The predicted molar refractivity (Wildman–Crippen MR) is 34.5 cm³/mol. The van der Waals surface area contributed by atoms with Gasteiger partial charge in [0.15, 0.2) is 0 Å². The SMILES string of the molecule is COc1cc(C)n(C)n1. The third kappa shape index (κ3) is 1.04. The maximum atomic E-state index is 4.88. The van der Waals surface area contributed by atoms with E-state index in [1.54, 1.807) is 11.8 Å². The van der Waals surface area contributed by atoms with E-state index in [4.69, 9.17) is 4.74 Å². The summed E-state index contributed by atoms with van der Waals surface area (Å²) in [5.74, 6) is 0.676. The Bertz CT molecular complexity index is 185. The highest BCUT2D eigenvalue weighted by atomic mass is 16.5. The summed E-state index contributed by atoms with van der Waals surface area (Å²) >= 11 is 0. The second-order valence-electron chi connectivity index (χ2n) is 1.95. The van der Waals surface area contributed by atoms with Gasteiger partial charge in [-0.1, -0.05) is 0 Å². The second-order valence-corrected chi connectivity index (χ2v) is 1.95. The number of ether oxygens (including phenoxy) is 1. The first kappa shape index (κ1) is 6.13. The van der Waals surface area contributed by atoms with Gasteiger partial charge < -0.3 is 4.74 Å². The van der Waals surface area contributed by atoms with Gasteiger partial charge in [-0.05, 0) is 6.92 Å². The molecular weight excluding hydrogens is 116 g/mol. The van der Waals surface area contributed by atoms with Crippen molar-refractivity contribution in [3.8, 4) is 5.88 Å². The summed E-state index contributed by atoms with van der Waals surface area (Å²) in [6, 6.07) is 1.89. The molecule has 0 saturated heterocycles. The van der Waals surface area contributed by atoms with Crippen molar-refractivity contribution in [3.63, 3.8) is 0 Å². The van der Waals surface area contributed by atoms with Crippen molar-refractivity contribution in [1.29, 1.82) is 0 Å². The lowest BCUT2D eigenvalue weighted by molar-refractivity contribution is 0.392. The van der Waals surface area contributed by atoms with E-state index >= 15 is 0 Å². The molecule has 0 spiro atoms. The van der Waals surface area contributed by atoms with Crippen LogP contribution in [0, 0.1) is 6.92 Å². The average molecular weight is 126 g/mol. The van der Waals surface area contributed by atoms with Crippen LogP contribution in [0.2, 0.25) is 0 Å². The monoisotopic (exact) mass is 126 g/mol. The first-order valence-electron chi connectivity index (χ1n) is 2.78. The van der Waals surface area contributed by atoms with Gasteiger partial charge in [-0.2, -0.15) is 0 Å². The molecule has 9 heavy (non-hydrogen) atoms. The summed E-state index contributed by atoms with van der Waals surface area (Å²) in [5.41, 5.74) is 1.10. The molecule has 0 aliphatic heterocycles. The topological polar surface area (TPSA) is 27.1 Å². The van der Waals surface area contributed by atoms with Crippen molar-refractivity contribution in [3.05, 3.63) is 11.8 Å². The molecule has 3 heteroatoms. The highest BCUT2D eigenvalue weighted by Gasteiger charge is 1.97. The third-order valence-electron chi connectivity index (χ3n) is 1.30. The maximum absolute atomic E-state index is 4.88. The molecule has 50 valence electrons. The molecule has 0 aliphatic carbocycles.